The standard InChI is InChI=1S/C12H24O3/c1-10(2)12(3,4)11(14)6-5-8-15-9-7-13/h10,13H,5-9H2,1-4H3. The monoisotopic (exact) mass is 216 g/mol. The molecule has 0 heterocycles. The van der Waals surface area contributed by atoms with Crippen molar-refractivity contribution in [3.63, 3.8) is 0 Å². The highest BCUT2D eigenvalue weighted by Crippen LogP contribution is 2.28. The van der Waals surface area contributed by atoms with Crippen molar-refractivity contribution in [3.8, 4) is 0 Å². The van der Waals surface area contributed by atoms with E-state index < -0.39 is 0 Å². The predicted octanol–water partition coefficient (Wildman–Crippen LogP) is 2.03. The van der Waals surface area contributed by atoms with Crippen molar-refractivity contribution in [2.75, 3.05) is 19.8 Å². The molecule has 0 unspecified atom stereocenters. The second-order valence-electron chi connectivity index (χ2n) is 4.74. The summed E-state index contributed by atoms with van der Waals surface area (Å²) in [6, 6.07) is 0. The van der Waals surface area contributed by atoms with Gasteiger partial charge in [-0.05, 0) is 12.3 Å². The maximum absolute atomic E-state index is 11.8. The highest BCUT2D eigenvalue weighted by Gasteiger charge is 2.29. The van der Waals surface area contributed by atoms with Crippen molar-refractivity contribution in [3.05, 3.63) is 0 Å². The van der Waals surface area contributed by atoms with Gasteiger partial charge in [-0.2, -0.15) is 0 Å². The molecule has 0 spiro atoms. The number of hydrogen-bond acceptors (Lipinski definition) is 3. The lowest BCUT2D eigenvalue weighted by Crippen LogP contribution is -2.30. The maximum Gasteiger partial charge on any atom is 0.138 e. The Hall–Kier alpha value is -0.410. The molecule has 0 aromatic heterocycles. The first kappa shape index (κ1) is 14.6. The van der Waals surface area contributed by atoms with Crippen molar-refractivity contribution < 1.29 is 14.6 Å². The van der Waals surface area contributed by atoms with Gasteiger partial charge in [-0.25, -0.2) is 0 Å². The van der Waals surface area contributed by atoms with Crippen molar-refractivity contribution in [2.24, 2.45) is 11.3 Å². The summed E-state index contributed by atoms with van der Waals surface area (Å²) in [5.74, 6) is 0.661. The fourth-order valence-corrected chi connectivity index (χ4v) is 1.15. The molecule has 0 fully saturated rings. The second-order valence-corrected chi connectivity index (χ2v) is 4.74. The van der Waals surface area contributed by atoms with E-state index in [-0.39, 0.29) is 12.0 Å². The van der Waals surface area contributed by atoms with Crippen LogP contribution in [0.2, 0.25) is 0 Å². The summed E-state index contributed by atoms with van der Waals surface area (Å²) in [6.07, 6.45) is 1.31. The van der Waals surface area contributed by atoms with E-state index in [0.717, 1.165) is 6.42 Å². The Morgan fingerprint density at radius 2 is 1.93 bits per heavy atom. The van der Waals surface area contributed by atoms with Gasteiger partial charge in [0.25, 0.3) is 0 Å². The van der Waals surface area contributed by atoms with Gasteiger partial charge in [0, 0.05) is 18.4 Å². The zero-order valence-corrected chi connectivity index (χ0v) is 10.4. The zero-order valence-electron chi connectivity index (χ0n) is 10.4. The van der Waals surface area contributed by atoms with Gasteiger partial charge in [-0.15, -0.1) is 0 Å². The van der Waals surface area contributed by atoms with Crippen LogP contribution >= 0.6 is 0 Å². The Balaban J connectivity index is 3.74. The first-order chi connectivity index (χ1) is 6.92. The maximum atomic E-state index is 11.8. The molecule has 0 aliphatic carbocycles. The number of carbonyl (C=O) groups excluding carboxylic acids is 1. The van der Waals surface area contributed by atoms with Gasteiger partial charge in [0.15, 0.2) is 0 Å². The van der Waals surface area contributed by atoms with E-state index in [1.807, 2.05) is 13.8 Å². The zero-order chi connectivity index (χ0) is 11.9. The molecule has 1 N–H and O–H groups in total. The number of Topliss-reactive ketones (excluding diaryl/α,β-unsaturated/α-hetero) is 1. The van der Waals surface area contributed by atoms with Crippen LogP contribution < -0.4 is 0 Å². The molecule has 0 saturated heterocycles. The summed E-state index contributed by atoms with van der Waals surface area (Å²) >= 11 is 0. The van der Waals surface area contributed by atoms with E-state index in [1.54, 1.807) is 0 Å². The second kappa shape index (κ2) is 6.96. The van der Waals surface area contributed by atoms with Crippen LogP contribution in [-0.2, 0) is 9.53 Å². The van der Waals surface area contributed by atoms with Crippen LogP contribution in [0, 0.1) is 11.3 Å². The lowest BCUT2D eigenvalue weighted by molar-refractivity contribution is -0.129. The highest BCUT2D eigenvalue weighted by atomic mass is 16.5. The summed E-state index contributed by atoms with van der Waals surface area (Å²) in [5, 5.41) is 8.48. The highest BCUT2D eigenvalue weighted by molar-refractivity contribution is 5.84. The molecule has 0 radical (unpaired) electrons. The van der Waals surface area contributed by atoms with E-state index in [0.29, 0.717) is 31.3 Å². The molecule has 3 nitrogen and oxygen atoms in total. The summed E-state index contributed by atoms with van der Waals surface area (Å²) in [6.45, 7) is 9.09. The van der Waals surface area contributed by atoms with Crippen LogP contribution in [0.5, 0.6) is 0 Å². The molecular weight excluding hydrogens is 192 g/mol. The fraction of sp³-hybridized carbons (Fsp3) is 0.917. The quantitative estimate of drug-likeness (QED) is 0.631. The van der Waals surface area contributed by atoms with Gasteiger partial charge in [0.2, 0.25) is 0 Å². The van der Waals surface area contributed by atoms with Gasteiger partial charge >= 0.3 is 0 Å². The molecular formula is C12H24O3. The van der Waals surface area contributed by atoms with Crippen LogP contribution in [0.4, 0.5) is 0 Å². The molecule has 0 amide bonds. The number of rotatable bonds is 8. The third kappa shape index (κ3) is 5.28. The van der Waals surface area contributed by atoms with E-state index in [4.69, 9.17) is 9.84 Å². The van der Waals surface area contributed by atoms with Crippen LogP contribution in [-0.4, -0.2) is 30.7 Å². The van der Waals surface area contributed by atoms with Gasteiger partial charge in [-0.3, -0.25) is 4.79 Å². The molecule has 0 aromatic carbocycles. The van der Waals surface area contributed by atoms with Gasteiger partial charge in [-0.1, -0.05) is 27.7 Å². The topological polar surface area (TPSA) is 46.5 Å². The van der Waals surface area contributed by atoms with Crippen molar-refractivity contribution >= 4 is 5.78 Å². The van der Waals surface area contributed by atoms with Gasteiger partial charge in [0.05, 0.1) is 13.2 Å². The Kier molecular flexibility index (Phi) is 6.77. The summed E-state index contributed by atoms with van der Waals surface area (Å²) < 4.78 is 5.10. The molecule has 0 aliphatic heterocycles. The number of aliphatic hydroxyl groups excluding tert-OH is 1. The number of aliphatic hydroxyl groups is 1. The number of ether oxygens (including phenoxy) is 1. The average molecular weight is 216 g/mol. The minimum absolute atomic E-state index is 0.0471. The lowest BCUT2D eigenvalue weighted by Gasteiger charge is -2.27. The van der Waals surface area contributed by atoms with Gasteiger partial charge in [0.1, 0.15) is 5.78 Å². The van der Waals surface area contributed by atoms with Crippen LogP contribution in [0.15, 0.2) is 0 Å². The molecule has 15 heavy (non-hydrogen) atoms. The molecule has 0 aliphatic rings. The molecule has 0 bridgehead atoms. The Labute approximate surface area is 92.8 Å². The average Bonchev–Trinajstić information content (AvgIpc) is 2.16. The number of carbonyl (C=O) groups is 1. The van der Waals surface area contributed by atoms with E-state index in [2.05, 4.69) is 13.8 Å². The number of hydrogen-bond donors (Lipinski definition) is 1. The Bertz CT molecular complexity index is 185. The third-order valence-electron chi connectivity index (χ3n) is 3.09. The third-order valence-corrected chi connectivity index (χ3v) is 3.09. The lowest BCUT2D eigenvalue weighted by atomic mass is 9.76. The largest absolute Gasteiger partial charge is 0.394 e. The molecule has 0 rings (SSSR count). The summed E-state index contributed by atoms with van der Waals surface area (Å²) in [5.41, 5.74) is -0.239. The summed E-state index contributed by atoms with van der Waals surface area (Å²) in [7, 11) is 0. The van der Waals surface area contributed by atoms with Crippen molar-refractivity contribution in [1.29, 1.82) is 0 Å². The van der Waals surface area contributed by atoms with Crippen molar-refractivity contribution in [2.45, 2.75) is 40.5 Å². The number of ketones is 1. The molecule has 0 aromatic rings. The molecule has 0 atom stereocenters. The smallest absolute Gasteiger partial charge is 0.138 e. The predicted molar refractivity (Wildman–Crippen MR) is 60.8 cm³/mol. The molecule has 3 heteroatoms. The van der Waals surface area contributed by atoms with Crippen LogP contribution in [0.3, 0.4) is 0 Å². The van der Waals surface area contributed by atoms with E-state index in [1.165, 1.54) is 0 Å². The van der Waals surface area contributed by atoms with Crippen LogP contribution in [0.1, 0.15) is 40.5 Å². The minimum atomic E-state index is -0.239. The Morgan fingerprint density at radius 1 is 1.33 bits per heavy atom. The first-order valence-electron chi connectivity index (χ1n) is 5.64. The van der Waals surface area contributed by atoms with Crippen LogP contribution in [0.25, 0.3) is 0 Å². The van der Waals surface area contributed by atoms with E-state index in [9.17, 15) is 4.79 Å². The van der Waals surface area contributed by atoms with Gasteiger partial charge < -0.3 is 9.84 Å². The van der Waals surface area contributed by atoms with E-state index >= 15 is 0 Å². The molecule has 0 saturated carbocycles. The normalized spacial score (nSPS) is 12.1. The Morgan fingerprint density at radius 3 is 2.40 bits per heavy atom. The minimum Gasteiger partial charge on any atom is -0.394 e. The fourth-order valence-electron chi connectivity index (χ4n) is 1.15. The summed E-state index contributed by atoms with van der Waals surface area (Å²) in [4.78, 5) is 11.8. The van der Waals surface area contributed by atoms with Crippen molar-refractivity contribution in [1.82, 2.24) is 0 Å². The molecule has 90 valence electrons. The first-order valence-corrected chi connectivity index (χ1v) is 5.64. The SMILES string of the molecule is CC(C)C(C)(C)C(=O)CCCOCCO.